The zero-order valence-electron chi connectivity index (χ0n) is 15.5. The Morgan fingerprint density at radius 2 is 2.00 bits per heavy atom. The van der Waals surface area contributed by atoms with E-state index in [2.05, 4.69) is 22.0 Å². The number of nitrogens with two attached hydrogens (primary N) is 1. The van der Waals surface area contributed by atoms with Crippen LogP contribution in [0.2, 0.25) is 0 Å². The van der Waals surface area contributed by atoms with Gasteiger partial charge < -0.3 is 19.9 Å². The first-order chi connectivity index (χ1) is 12.8. The van der Waals surface area contributed by atoms with Crippen molar-refractivity contribution in [2.45, 2.75) is 19.4 Å². The number of pyridine rings is 1. The summed E-state index contributed by atoms with van der Waals surface area (Å²) >= 11 is 3.42. The van der Waals surface area contributed by atoms with Crippen molar-refractivity contribution in [1.29, 1.82) is 5.26 Å². The number of hydrogen-bond donors (Lipinski definition) is 2. The highest BCUT2D eigenvalue weighted by atomic mass is 79.9. The molecule has 0 unspecified atom stereocenters. The molecular formula is C20H22BrN4O2+. The van der Waals surface area contributed by atoms with Crippen LogP contribution in [0.1, 0.15) is 22.7 Å². The van der Waals surface area contributed by atoms with Crippen molar-refractivity contribution in [3.63, 3.8) is 0 Å². The lowest BCUT2D eigenvalue weighted by Gasteiger charge is -2.27. The number of halogens is 1. The third-order valence-corrected chi connectivity index (χ3v) is 5.26. The number of benzene rings is 1. The van der Waals surface area contributed by atoms with Gasteiger partial charge in [-0.3, -0.25) is 4.79 Å². The molecule has 0 spiro atoms. The van der Waals surface area contributed by atoms with Crippen LogP contribution in [-0.2, 0) is 6.54 Å². The normalized spacial score (nSPS) is 16.1. The highest BCUT2D eigenvalue weighted by Gasteiger charge is 2.34. The van der Waals surface area contributed by atoms with Crippen molar-refractivity contribution in [2.24, 2.45) is 5.73 Å². The number of nitrogens with one attached hydrogen (secondary N) is 1. The molecule has 3 rings (SSSR count). The summed E-state index contributed by atoms with van der Waals surface area (Å²) in [6.45, 7) is 3.28. The standard InChI is InChI=1S/C20H21BrN4O2/c1-12-10-16-18(20(26)25(12)9-8-24(2)3)17(15(11-22)19(23)27-16)13-4-6-14(21)7-5-13/h4-7,10,17H,8-9,23H2,1-3H3/p+1/t17-/m1/s1. The average molecular weight is 430 g/mol. The largest absolute Gasteiger partial charge is 0.440 e. The molecule has 2 aromatic rings. The number of hydrogen-bond acceptors (Lipinski definition) is 4. The number of rotatable bonds is 4. The van der Waals surface area contributed by atoms with Crippen molar-refractivity contribution in [3.05, 3.63) is 73.4 Å². The van der Waals surface area contributed by atoms with Gasteiger partial charge in [0.1, 0.15) is 17.4 Å². The fourth-order valence-electron chi connectivity index (χ4n) is 3.29. The summed E-state index contributed by atoms with van der Waals surface area (Å²) in [5.74, 6) is -0.0690. The quantitative estimate of drug-likeness (QED) is 0.766. The number of fused-ring (bicyclic) bond motifs is 1. The molecule has 0 saturated carbocycles. The lowest BCUT2D eigenvalue weighted by Crippen LogP contribution is -3.06. The predicted octanol–water partition coefficient (Wildman–Crippen LogP) is 1.28. The molecule has 1 aromatic heterocycles. The molecule has 1 aliphatic rings. The van der Waals surface area contributed by atoms with Crippen molar-refractivity contribution < 1.29 is 9.64 Å². The minimum Gasteiger partial charge on any atom is -0.440 e. The smallest absolute Gasteiger partial charge is 0.258 e. The second-order valence-electron chi connectivity index (χ2n) is 6.95. The van der Waals surface area contributed by atoms with E-state index >= 15 is 0 Å². The molecule has 27 heavy (non-hydrogen) atoms. The van der Waals surface area contributed by atoms with Gasteiger partial charge in [-0.1, -0.05) is 28.1 Å². The average Bonchev–Trinajstić information content (AvgIpc) is 2.61. The summed E-state index contributed by atoms with van der Waals surface area (Å²) < 4.78 is 8.33. The number of aryl methyl sites for hydroxylation is 1. The Morgan fingerprint density at radius 1 is 1.33 bits per heavy atom. The van der Waals surface area contributed by atoms with Crippen molar-refractivity contribution in [3.8, 4) is 11.8 Å². The summed E-state index contributed by atoms with van der Waals surface area (Å²) in [7, 11) is 4.09. The van der Waals surface area contributed by atoms with Crippen LogP contribution in [0.25, 0.3) is 0 Å². The van der Waals surface area contributed by atoms with E-state index < -0.39 is 5.92 Å². The molecule has 0 amide bonds. The van der Waals surface area contributed by atoms with Gasteiger partial charge in [-0.25, -0.2) is 0 Å². The van der Waals surface area contributed by atoms with Crippen molar-refractivity contribution in [2.75, 3.05) is 20.6 Å². The monoisotopic (exact) mass is 429 g/mol. The summed E-state index contributed by atoms with van der Waals surface area (Å²) in [4.78, 5) is 14.6. The van der Waals surface area contributed by atoms with E-state index in [0.717, 1.165) is 22.3 Å². The molecule has 7 heteroatoms. The fourth-order valence-corrected chi connectivity index (χ4v) is 3.55. The SMILES string of the molecule is Cc1cc2c(c(=O)n1CC[NH+](C)C)[C@H](c1ccc(Br)cc1)C(C#N)=C(N)O2. The van der Waals surface area contributed by atoms with E-state index in [1.54, 1.807) is 4.57 Å². The minimum absolute atomic E-state index is 0.0483. The topological polar surface area (TPSA) is 85.5 Å². The van der Waals surface area contributed by atoms with E-state index in [1.807, 2.05) is 51.4 Å². The first kappa shape index (κ1) is 19.2. The molecule has 3 N–H and O–H groups in total. The van der Waals surface area contributed by atoms with Crippen molar-refractivity contribution in [1.82, 2.24) is 4.57 Å². The maximum Gasteiger partial charge on any atom is 0.258 e. The molecule has 0 saturated heterocycles. The molecular weight excluding hydrogens is 408 g/mol. The predicted molar refractivity (Wildman–Crippen MR) is 107 cm³/mol. The maximum absolute atomic E-state index is 13.4. The molecule has 0 fully saturated rings. The van der Waals surface area contributed by atoms with Crippen LogP contribution >= 0.6 is 15.9 Å². The maximum atomic E-state index is 13.4. The highest BCUT2D eigenvalue weighted by Crippen LogP contribution is 2.40. The summed E-state index contributed by atoms with van der Waals surface area (Å²) in [6.07, 6.45) is 0. The number of likely N-dealkylation sites (N-methyl/N-ethyl adjacent to an activating group) is 1. The van der Waals surface area contributed by atoms with E-state index in [-0.39, 0.29) is 17.0 Å². The first-order valence-electron chi connectivity index (χ1n) is 8.70. The van der Waals surface area contributed by atoms with Crippen LogP contribution in [0.3, 0.4) is 0 Å². The van der Waals surface area contributed by atoms with Gasteiger partial charge in [0.2, 0.25) is 5.88 Å². The van der Waals surface area contributed by atoms with Crippen LogP contribution in [0.5, 0.6) is 5.75 Å². The number of nitriles is 1. The van der Waals surface area contributed by atoms with Gasteiger partial charge >= 0.3 is 0 Å². The van der Waals surface area contributed by atoms with Gasteiger partial charge in [0, 0.05) is 16.2 Å². The van der Waals surface area contributed by atoms with Crippen LogP contribution in [0.4, 0.5) is 0 Å². The Labute approximate surface area is 166 Å². The number of nitrogens with zero attached hydrogens (tertiary/aromatic N) is 2. The second-order valence-corrected chi connectivity index (χ2v) is 7.87. The van der Waals surface area contributed by atoms with Crippen molar-refractivity contribution >= 4 is 15.9 Å². The van der Waals surface area contributed by atoms with Gasteiger partial charge in [0.15, 0.2) is 0 Å². The Balaban J connectivity index is 2.22. The van der Waals surface area contributed by atoms with E-state index in [0.29, 0.717) is 17.9 Å². The molecule has 2 heterocycles. The molecule has 6 nitrogen and oxygen atoms in total. The Kier molecular flexibility index (Phi) is 5.40. The van der Waals surface area contributed by atoms with E-state index in [9.17, 15) is 10.1 Å². The number of allylic oxidation sites excluding steroid dienone is 1. The van der Waals surface area contributed by atoms with Crippen LogP contribution in [0, 0.1) is 18.3 Å². The molecule has 1 atom stereocenters. The molecule has 0 radical (unpaired) electrons. The van der Waals surface area contributed by atoms with Gasteiger partial charge in [0.05, 0.1) is 38.7 Å². The molecule has 0 bridgehead atoms. The number of ether oxygens (including phenoxy) is 1. The lowest BCUT2D eigenvalue weighted by molar-refractivity contribution is -0.858. The molecule has 1 aliphatic heterocycles. The lowest BCUT2D eigenvalue weighted by atomic mass is 9.84. The zero-order valence-corrected chi connectivity index (χ0v) is 17.1. The van der Waals surface area contributed by atoms with E-state index in [1.165, 1.54) is 4.90 Å². The Hall–Kier alpha value is -2.56. The van der Waals surface area contributed by atoms with E-state index in [4.69, 9.17) is 10.5 Å². The third kappa shape index (κ3) is 3.64. The summed E-state index contributed by atoms with van der Waals surface area (Å²) in [5.41, 5.74) is 8.23. The van der Waals surface area contributed by atoms with Crippen LogP contribution < -0.4 is 20.9 Å². The zero-order chi connectivity index (χ0) is 19.7. The fraction of sp³-hybridized carbons (Fsp3) is 0.300. The van der Waals surface area contributed by atoms with Gasteiger partial charge in [-0.15, -0.1) is 0 Å². The summed E-state index contributed by atoms with van der Waals surface area (Å²) in [6, 6.07) is 11.5. The van der Waals surface area contributed by atoms with Gasteiger partial charge in [-0.2, -0.15) is 5.26 Å². The number of aromatic nitrogens is 1. The Bertz CT molecular complexity index is 1000. The molecule has 1 aromatic carbocycles. The first-order valence-corrected chi connectivity index (χ1v) is 9.49. The van der Waals surface area contributed by atoms with Crippen LogP contribution in [-0.4, -0.2) is 25.2 Å². The third-order valence-electron chi connectivity index (χ3n) is 4.73. The molecule has 0 aliphatic carbocycles. The number of quaternary nitrogens is 1. The van der Waals surface area contributed by atoms with Gasteiger partial charge in [-0.05, 0) is 24.6 Å². The molecule has 140 valence electrons. The van der Waals surface area contributed by atoms with Crippen LogP contribution in [0.15, 0.2) is 51.1 Å². The minimum atomic E-state index is -0.544. The second kappa shape index (κ2) is 7.59. The Morgan fingerprint density at radius 3 is 2.59 bits per heavy atom. The summed E-state index contributed by atoms with van der Waals surface area (Å²) in [5, 5.41) is 9.67. The van der Waals surface area contributed by atoms with Gasteiger partial charge in [0.25, 0.3) is 5.56 Å². The highest BCUT2D eigenvalue weighted by molar-refractivity contribution is 9.10.